The molecule has 0 fully saturated rings. The van der Waals surface area contributed by atoms with Gasteiger partial charge in [-0.3, -0.25) is 0 Å². The monoisotopic (exact) mass is 411 g/mol. The summed E-state index contributed by atoms with van der Waals surface area (Å²) in [7, 11) is 0. The molecule has 0 aromatic carbocycles. The van der Waals surface area contributed by atoms with E-state index in [-0.39, 0.29) is 96.1 Å². The summed E-state index contributed by atoms with van der Waals surface area (Å²) >= 11 is 0. The second-order valence-electron chi connectivity index (χ2n) is 0.610. The van der Waals surface area contributed by atoms with E-state index in [1.807, 2.05) is 0 Å². The summed E-state index contributed by atoms with van der Waals surface area (Å²) in [5.74, 6) is -3.65. The molecule has 0 atom stereocenters. The zero-order valence-corrected chi connectivity index (χ0v) is 12.0. The van der Waals surface area contributed by atoms with Gasteiger partial charge in [-0.05, 0) is 0 Å². The molecule has 0 aliphatic rings. The molecule has 15 heteroatoms. The van der Waals surface area contributed by atoms with Crippen molar-refractivity contribution in [2.45, 2.75) is 0 Å². The van der Waals surface area contributed by atoms with Crippen LogP contribution in [0.2, 0.25) is 0 Å². The molecule has 22 N–H and O–H groups in total. The minimum atomic E-state index is -1.82. The summed E-state index contributed by atoms with van der Waals surface area (Å²) in [6.45, 7) is 0. The zero-order chi connectivity index (χ0) is 5.15. The average molecular weight is 411 g/mol. The quantitative estimate of drug-likeness (QED) is 0.366. The molecule has 0 aliphatic carbocycles. The topological polar surface area (TPSA) is 390 Å². The maximum absolute atomic E-state index is 9.10. The van der Waals surface area contributed by atoms with Gasteiger partial charge in [-0.2, -0.15) is 0 Å². The van der Waals surface area contributed by atoms with Crippen molar-refractivity contribution in [3.05, 3.63) is 0 Å². The van der Waals surface area contributed by atoms with Crippen molar-refractivity contribution >= 4 is 11.9 Å². The number of carboxylic acids is 2. The van der Waals surface area contributed by atoms with E-state index >= 15 is 0 Å². The van der Waals surface area contributed by atoms with Crippen molar-refractivity contribution in [1.29, 1.82) is 0 Å². The van der Waals surface area contributed by atoms with Gasteiger partial charge in [0.25, 0.3) is 0 Å². The van der Waals surface area contributed by atoms with E-state index in [1.54, 1.807) is 0 Å². The number of rotatable bonds is 0. The molecule has 0 heterocycles. The van der Waals surface area contributed by atoms with Gasteiger partial charge in [0.15, 0.2) is 0 Å². The number of carbonyl (C=O) groups is 2. The van der Waals surface area contributed by atoms with E-state index in [0.29, 0.717) is 0 Å². The third-order valence-corrected chi connectivity index (χ3v) is 0.183. The van der Waals surface area contributed by atoms with Crippen LogP contribution >= 0.6 is 0 Å². The number of carboxylic acid groups (broad SMARTS) is 2. The largest absolute Gasteiger partial charge is 0.473 e. The van der Waals surface area contributed by atoms with Gasteiger partial charge >= 0.3 is 11.9 Å². The fourth-order valence-electron chi connectivity index (χ4n) is 0. The molecule has 17 heavy (non-hydrogen) atoms. The summed E-state index contributed by atoms with van der Waals surface area (Å²) in [4.78, 5) is 18.2. The first kappa shape index (κ1) is 178. The Bertz CT molecular complexity index is 80.2. The maximum Gasteiger partial charge on any atom is 0.414 e. The van der Waals surface area contributed by atoms with Crippen LogP contribution in [0.4, 0.5) is 0 Å². The van der Waals surface area contributed by atoms with Crippen LogP contribution in [0.15, 0.2) is 0 Å². The van der Waals surface area contributed by atoms with Crippen molar-refractivity contribution in [2.24, 2.45) is 0 Å². The van der Waals surface area contributed by atoms with Crippen molar-refractivity contribution in [1.82, 2.24) is 0 Å². The van der Waals surface area contributed by atoms with Gasteiger partial charge in [0, 0.05) is 41.3 Å². The van der Waals surface area contributed by atoms with E-state index < -0.39 is 11.9 Å². The maximum atomic E-state index is 9.10. The molecule has 0 rings (SSSR count). The molecule has 0 spiro atoms. The Morgan fingerprint density at radius 3 is 0.529 bits per heavy atom. The zero-order valence-electron chi connectivity index (χ0n) is 8.29. The van der Waals surface area contributed by atoms with Crippen LogP contribution < -0.4 is 0 Å². The first-order chi connectivity index (χ1) is 2.64. The SMILES string of the molecule is O.O.O.O.O.O.O.O.O.O.O=C(O)C(=O)O.[Pr]. The Balaban J connectivity index is -0.00000000227. The van der Waals surface area contributed by atoms with Gasteiger partial charge in [-0.25, -0.2) is 9.59 Å². The number of hydrogen-bond acceptors (Lipinski definition) is 2. The molecule has 14 nitrogen and oxygen atoms in total. The Morgan fingerprint density at radius 2 is 0.529 bits per heavy atom. The average Bonchev–Trinajstić information content (AvgIpc) is 1.36. The van der Waals surface area contributed by atoms with Crippen LogP contribution in [0.5, 0.6) is 0 Å². The molecule has 0 bridgehead atoms. The minimum Gasteiger partial charge on any atom is -0.473 e. The van der Waals surface area contributed by atoms with Crippen LogP contribution in [-0.4, -0.2) is 76.9 Å². The van der Waals surface area contributed by atoms with Gasteiger partial charge in [-0.15, -0.1) is 0 Å². The first-order valence-electron chi connectivity index (χ1n) is 1.11. The molecule has 1 radical (unpaired) electrons. The van der Waals surface area contributed by atoms with Crippen LogP contribution in [0.3, 0.4) is 0 Å². The molecule has 0 unspecified atom stereocenters. The van der Waals surface area contributed by atoms with E-state index in [2.05, 4.69) is 0 Å². The van der Waals surface area contributed by atoms with E-state index in [9.17, 15) is 0 Å². The Morgan fingerprint density at radius 1 is 0.471 bits per heavy atom. The van der Waals surface area contributed by atoms with Crippen molar-refractivity contribution in [3.63, 3.8) is 0 Å². The fraction of sp³-hybridized carbons (Fsp3) is 0. The van der Waals surface area contributed by atoms with Crippen molar-refractivity contribution in [2.75, 3.05) is 0 Å². The van der Waals surface area contributed by atoms with Crippen LogP contribution in [0.1, 0.15) is 0 Å². The predicted molar refractivity (Wildman–Crippen MR) is 51.4 cm³/mol. The smallest absolute Gasteiger partial charge is 0.414 e. The van der Waals surface area contributed by atoms with E-state index in [1.165, 1.54) is 0 Å². The third-order valence-electron chi connectivity index (χ3n) is 0.183. The predicted octanol–water partition coefficient (Wildman–Crippen LogP) is -9.09. The van der Waals surface area contributed by atoms with E-state index in [0.717, 1.165) is 0 Å². The van der Waals surface area contributed by atoms with Gasteiger partial charge in [0.2, 0.25) is 0 Å². The third kappa shape index (κ3) is 202. The second-order valence-corrected chi connectivity index (χ2v) is 0.610. The van der Waals surface area contributed by atoms with Crippen molar-refractivity contribution in [3.8, 4) is 0 Å². The normalized spacial score (nSPS) is 2.59. The summed E-state index contributed by atoms with van der Waals surface area (Å²) < 4.78 is 0. The molecule has 0 amide bonds. The minimum absolute atomic E-state index is 0. The summed E-state index contributed by atoms with van der Waals surface area (Å²) in [5, 5.41) is 14.8. The van der Waals surface area contributed by atoms with Gasteiger partial charge in [0.1, 0.15) is 0 Å². The molecular formula is C2H22O14Pr. The van der Waals surface area contributed by atoms with Gasteiger partial charge in [-0.1, -0.05) is 0 Å². The van der Waals surface area contributed by atoms with Gasteiger partial charge in [0.05, 0.1) is 0 Å². The summed E-state index contributed by atoms with van der Waals surface area (Å²) in [6, 6.07) is 0. The molecule has 0 saturated heterocycles. The summed E-state index contributed by atoms with van der Waals surface area (Å²) in [6.07, 6.45) is 0. The number of hydrogen-bond donors (Lipinski definition) is 2. The molecule has 0 saturated carbocycles. The molecular weight excluding hydrogens is 389 g/mol. The molecule has 0 aliphatic heterocycles. The standard InChI is InChI=1S/C2H2O4.10H2O.Pr/c3-1(4)2(5)6;;;;;;;;;;;/h(H,3,4)(H,5,6);10*1H2;. The molecule has 0 aromatic heterocycles. The Labute approximate surface area is 127 Å². The molecule has 117 valence electrons. The molecule has 0 aromatic rings. The van der Waals surface area contributed by atoms with E-state index in [4.69, 9.17) is 19.8 Å². The fourth-order valence-corrected chi connectivity index (χ4v) is 0. The number of aliphatic carboxylic acids is 2. The van der Waals surface area contributed by atoms with Gasteiger partial charge < -0.3 is 65.0 Å². The Hall–Kier alpha value is -0.0964. The van der Waals surface area contributed by atoms with Crippen LogP contribution in [-0.2, 0) is 9.59 Å². The summed E-state index contributed by atoms with van der Waals surface area (Å²) in [5.41, 5.74) is 0. The van der Waals surface area contributed by atoms with Crippen LogP contribution in [0.25, 0.3) is 0 Å². The second kappa shape index (κ2) is 101. The van der Waals surface area contributed by atoms with Crippen LogP contribution in [0, 0.1) is 41.3 Å². The van der Waals surface area contributed by atoms with Crippen molar-refractivity contribution < 1.29 is 116 Å². The first-order valence-corrected chi connectivity index (χ1v) is 1.11. The Kier molecular flexibility index (Phi) is 1060.